The zero-order valence-electron chi connectivity index (χ0n) is 14.5. The van der Waals surface area contributed by atoms with Crippen LogP contribution < -0.4 is 10.2 Å². The molecule has 7 heteroatoms. The summed E-state index contributed by atoms with van der Waals surface area (Å²) < 4.78 is 0. The third kappa shape index (κ3) is 3.48. The first kappa shape index (κ1) is 17.8. The van der Waals surface area contributed by atoms with Gasteiger partial charge in [0.05, 0.1) is 10.7 Å². The predicted molar refractivity (Wildman–Crippen MR) is 108 cm³/mol. The van der Waals surface area contributed by atoms with Crippen molar-refractivity contribution in [3.63, 3.8) is 0 Å². The molecule has 4 rings (SSSR count). The van der Waals surface area contributed by atoms with E-state index < -0.39 is 0 Å². The highest BCUT2D eigenvalue weighted by atomic mass is 35.5. The third-order valence-electron chi connectivity index (χ3n) is 4.48. The molecule has 3 aromatic rings. The van der Waals surface area contributed by atoms with Gasteiger partial charge in [0, 0.05) is 22.9 Å². The van der Waals surface area contributed by atoms with Gasteiger partial charge in [0.15, 0.2) is 0 Å². The third-order valence-corrected chi connectivity index (χ3v) is 5.03. The van der Waals surface area contributed by atoms with Gasteiger partial charge in [-0.2, -0.15) is 0 Å². The second-order valence-electron chi connectivity index (χ2n) is 6.37. The van der Waals surface area contributed by atoms with Crippen molar-refractivity contribution >= 4 is 46.4 Å². The van der Waals surface area contributed by atoms with E-state index in [4.69, 9.17) is 23.2 Å². The van der Waals surface area contributed by atoms with E-state index >= 15 is 0 Å². The van der Waals surface area contributed by atoms with E-state index in [1.54, 1.807) is 30.5 Å². The quantitative estimate of drug-likeness (QED) is 0.664. The van der Waals surface area contributed by atoms with Gasteiger partial charge in [-0.05, 0) is 49.2 Å². The molecule has 2 aromatic carbocycles. The lowest BCUT2D eigenvalue weighted by molar-refractivity contribution is 0.102. The Hall–Kier alpha value is -2.63. The van der Waals surface area contributed by atoms with Crippen molar-refractivity contribution in [2.24, 2.45) is 0 Å². The molecule has 0 saturated carbocycles. The fourth-order valence-corrected chi connectivity index (χ4v) is 3.69. The normalized spacial score (nSPS) is 15.5. The maximum absolute atomic E-state index is 12.6. The molecular weight excluding hydrogens is 383 g/mol. The largest absolute Gasteiger partial charge is 0.319 e. The number of fused-ring (bicyclic) bond motifs is 1. The molecule has 2 heterocycles. The summed E-state index contributed by atoms with van der Waals surface area (Å²) in [6, 6.07) is 14.8. The Bertz CT molecular complexity index is 1020. The maximum atomic E-state index is 12.6. The van der Waals surface area contributed by atoms with Crippen LogP contribution in [0.15, 0.2) is 54.7 Å². The second-order valence-corrected chi connectivity index (χ2v) is 7.22. The molecule has 0 fully saturated rings. The van der Waals surface area contributed by atoms with Crippen molar-refractivity contribution in [2.45, 2.75) is 19.4 Å². The molecule has 5 nitrogen and oxygen atoms in total. The Morgan fingerprint density at radius 1 is 1.19 bits per heavy atom. The lowest BCUT2D eigenvalue weighted by atomic mass is 10.1. The van der Waals surface area contributed by atoms with Crippen LogP contribution in [0.1, 0.15) is 23.0 Å². The van der Waals surface area contributed by atoms with Crippen LogP contribution in [0.3, 0.4) is 0 Å². The monoisotopic (exact) mass is 398 g/mol. The highest BCUT2D eigenvalue weighted by Crippen LogP contribution is 2.36. The van der Waals surface area contributed by atoms with Crippen molar-refractivity contribution in [1.82, 2.24) is 9.97 Å². The van der Waals surface area contributed by atoms with Crippen LogP contribution in [-0.2, 0) is 6.42 Å². The van der Waals surface area contributed by atoms with Crippen LogP contribution in [0.2, 0.25) is 10.0 Å². The molecular formula is C20H16Cl2N4O. The van der Waals surface area contributed by atoms with Gasteiger partial charge < -0.3 is 10.2 Å². The van der Waals surface area contributed by atoms with Gasteiger partial charge in [-0.25, -0.2) is 9.97 Å². The van der Waals surface area contributed by atoms with E-state index in [0.29, 0.717) is 21.7 Å². The van der Waals surface area contributed by atoms with Crippen molar-refractivity contribution in [3.05, 3.63) is 76.0 Å². The summed E-state index contributed by atoms with van der Waals surface area (Å²) in [6.45, 7) is 2.11. The van der Waals surface area contributed by atoms with Crippen molar-refractivity contribution in [1.29, 1.82) is 0 Å². The van der Waals surface area contributed by atoms with Crippen LogP contribution >= 0.6 is 23.2 Å². The van der Waals surface area contributed by atoms with Crippen LogP contribution in [-0.4, -0.2) is 21.9 Å². The number of rotatable bonds is 3. The smallest absolute Gasteiger partial charge is 0.274 e. The molecule has 27 heavy (non-hydrogen) atoms. The minimum atomic E-state index is -0.358. The van der Waals surface area contributed by atoms with Gasteiger partial charge >= 0.3 is 0 Å². The summed E-state index contributed by atoms with van der Waals surface area (Å²) in [5, 5.41) is 3.64. The number of amides is 1. The van der Waals surface area contributed by atoms with Crippen LogP contribution in [0.25, 0.3) is 0 Å². The average molecular weight is 399 g/mol. The number of para-hydroxylation sites is 1. The van der Waals surface area contributed by atoms with E-state index in [9.17, 15) is 4.79 Å². The molecule has 0 spiro atoms. The summed E-state index contributed by atoms with van der Waals surface area (Å²) >= 11 is 12.0. The molecule has 1 aliphatic heterocycles. The molecule has 1 aromatic heterocycles. The molecule has 1 amide bonds. The van der Waals surface area contributed by atoms with Crippen molar-refractivity contribution < 1.29 is 4.79 Å². The van der Waals surface area contributed by atoms with Gasteiger partial charge in [0.2, 0.25) is 5.95 Å². The van der Waals surface area contributed by atoms with Crippen molar-refractivity contribution in [2.75, 3.05) is 10.2 Å². The van der Waals surface area contributed by atoms with Gasteiger partial charge in [-0.1, -0.05) is 41.4 Å². The van der Waals surface area contributed by atoms with Gasteiger partial charge in [0.25, 0.3) is 5.91 Å². The SMILES string of the molecule is CC1Cc2ccccc2N1c1nccc(C(=O)Nc2ccc(Cl)cc2Cl)n1. The van der Waals surface area contributed by atoms with E-state index in [0.717, 1.165) is 12.1 Å². The molecule has 0 bridgehead atoms. The summed E-state index contributed by atoms with van der Waals surface area (Å²) in [6.07, 6.45) is 2.50. The van der Waals surface area contributed by atoms with Gasteiger partial charge in [-0.15, -0.1) is 0 Å². The molecule has 136 valence electrons. The van der Waals surface area contributed by atoms with E-state index in [2.05, 4.69) is 33.2 Å². The number of carbonyl (C=O) groups excluding carboxylic acids is 1. The van der Waals surface area contributed by atoms with Crippen molar-refractivity contribution in [3.8, 4) is 0 Å². The summed E-state index contributed by atoms with van der Waals surface area (Å²) in [5.41, 5.74) is 3.06. The molecule has 0 radical (unpaired) electrons. The number of aromatic nitrogens is 2. The lowest BCUT2D eigenvalue weighted by Crippen LogP contribution is -2.27. The first-order valence-electron chi connectivity index (χ1n) is 8.49. The maximum Gasteiger partial charge on any atom is 0.274 e. The number of benzene rings is 2. The minimum absolute atomic E-state index is 0.214. The predicted octanol–water partition coefficient (Wildman–Crippen LogP) is 5.12. The summed E-state index contributed by atoms with van der Waals surface area (Å²) in [5.74, 6) is 0.144. The molecule has 1 atom stereocenters. The molecule has 1 aliphatic rings. The number of hydrogen-bond acceptors (Lipinski definition) is 4. The minimum Gasteiger partial charge on any atom is -0.319 e. The topological polar surface area (TPSA) is 58.1 Å². The van der Waals surface area contributed by atoms with Gasteiger partial charge in [-0.3, -0.25) is 4.79 Å². The summed E-state index contributed by atoms with van der Waals surface area (Å²) in [7, 11) is 0. The van der Waals surface area contributed by atoms with Crippen LogP contribution in [0.5, 0.6) is 0 Å². The molecule has 1 unspecified atom stereocenters. The zero-order chi connectivity index (χ0) is 19.0. The number of carbonyl (C=O) groups is 1. The lowest BCUT2D eigenvalue weighted by Gasteiger charge is -2.22. The van der Waals surface area contributed by atoms with Crippen LogP contribution in [0.4, 0.5) is 17.3 Å². The first-order valence-corrected chi connectivity index (χ1v) is 9.25. The Morgan fingerprint density at radius 2 is 2.00 bits per heavy atom. The Kier molecular flexibility index (Phi) is 4.72. The summed E-state index contributed by atoms with van der Waals surface area (Å²) in [4.78, 5) is 23.6. The molecule has 0 aliphatic carbocycles. The zero-order valence-corrected chi connectivity index (χ0v) is 16.0. The number of hydrogen-bond donors (Lipinski definition) is 1. The van der Waals surface area contributed by atoms with E-state index in [1.807, 2.05) is 18.2 Å². The fourth-order valence-electron chi connectivity index (χ4n) is 3.24. The Labute approximate surface area is 167 Å². The first-order chi connectivity index (χ1) is 13.0. The average Bonchev–Trinajstić information content (AvgIpc) is 2.99. The second kappa shape index (κ2) is 7.18. The van der Waals surface area contributed by atoms with Crippen LogP contribution in [0, 0.1) is 0 Å². The number of nitrogens with zero attached hydrogens (tertiary/aromatic N) is 3. The number of halogens is 2. The Balaban J connectivity index is 1.62. The Morgan fingerprint density at radius 3 is 2.81 bits per heavy atom. The number of nitrogens with one attached hydrogen (secondary N) is 1. The van der Waals surface area contributed by atoms with E-state index in [1.165, 1.54) is 5.56 Å². The fraction of sp³-hybridized carbons (Fsp3) is 0.150. The number of anilines is 3. The van der Waals surface area contributed by atoms with Gasteiger partial charge in [0.1, 0.15) is 5.69 Å². The van der Waals surface area contributed by atoms with E-state index in [-0.39, 0.29) is 17.6 Å². The molecule has 0 saturated heterocycles. The highest BCUT2D eigenvalue weighted by molar-refractivity contribution is 6.36. The molecule has 1 N–H and O–H groups in total. The standard InChI is InChI=1S/C20H16Cl2N4O/c1-12-10-13-4-2-3-5-18(13)26(12)20-23-9-8-17(25-20)19(27)24-16-7-6-14(21)11-15(16)22/h2-9,11-12H,10H2,1H3,(H,24,27). The highest BCUT2D eigenvalue weighted by Gasteiger charge is 2.29.